The standard InChI is InChI=1S/C17H15F2NO4/c1-10(24-12-3-4-13(18)14(19)7-12)17(21)20-8-11-2-5-15-16(6-11)23-9-22-15/h2-7,10H,8-9H2,1H3,(H,20,21)/t10-/m0/s1. The molecule has 1 atom stereocenters. The molecule has 1 aliphatic heterocycles. The first kappa shape index (κ1) is 16.0. The molecule has 7 heteroatoms. The number of ether oxygens (including phenoxy) is 3. The molecular formula is C17H15F2NO4. The highest BCUT2D eigenvalue weighted by molar-refractivity contribution is 5.80. The molecule has 0 bridgehead atoms. The van der Waals surface area contributed by atoms with Gasteiger partial charge in [-0.1, -0.05) is 6.07 Å². The van der Waals surface area contributed by atoms with Gasteiger partial charge < -0.3 is 19.5 Å². The van der Waals surface area contributed by atoms with Crippen LogP contribution in [0.25, 0.3) is 0 Å². The highest BCUT2D eigenvalue weighted by Crippen LogP contribution is 2.32. The van der Waals surface area contributed by atoms with E-state index in [-0.39, 0.29) is 25.0 Å². The fraction of sp³-hybridized carbons (Fsp3) is 0.235. The van der Waals surface area contributed by atoms with Crippen molar-refractivity contribution in [3.63, 3.8) is 0 Å². The maximum Gasteiger partial charge on any atom is 0.261 e. The van der Waals surface area contributed by atoms with E-state index in [0.29, 0.717) is 11.5 Å². The molecule has 1 N–H and O–H groups in total. The number of benzene rings is 2. The van der Waals surface area contributed by atoms with Gasteiger partial charge in [0.1, 0.15) is 5.75 Å². The molecule has 0 aromatic heterocycles. The van der Waals surface area contributed by atoms with E-state index in [0.717, 1.165) is 17.7 Å². The fourth-order valence-electron chi connectivity index (χ4n) is 2.19. The van der Waals surface area contributed by atoms with Gasteiger partial charge in [-0.05, 0) is 36.8 Å². The molecule has 3 rings (SSSR count). The molecule has 5 nitrogen and oxygen atoms in total. The number of rotatable bonds is 5. The maximum atomic E-state index is 13.1. The Balaban J connectivity index is 1.55. The average molecular weight is 335 g/mol. The number of halogens is 2. The number of amides is 1. The lowest BCUT2D eigenvalue weighted by Gasteiger charge is -2.15. The largest absolute Gasteiger partial charge is 0.481 e. The summed E-state index contributed by atoms with van der Waals surface area (Å²) < 4.78 is 41.8. The first-order valence-corrected chi connectivity index (χ1v) is 7.31. The van der Waals surface area contributed by atoms with Crippen molar-refractivity contribution in [2.45, 2.75) is 19.6 Å². The summed E-state index contributed by atoms with van der Waals surface area (Å²) in [7, 11) is 0. The van der Waals surface area contributed by atoms with E-state index in [1.54, 1.807) is 12.1 Å². The number of carbonyl (C=O) groups excluding carboxylic acids is 1. The molecule has 0 saturated heterocycles. The van der Waals surface area contributed by atoms with Crippen LogP contribution in [-0.4, -0.2) is 18.8 Å². The van der Waals surface area contributed by atoms with Crippen molar-refractivity contribution in [2.24, 2.45) is 0 Å². The third-order valence-corrected chi connectivity index (χ3v) is 3.48. The molecule has 1 amide bonds. The molecule has 1 heterocycles. The van der Waals surface area contributed by atoms with E-state index in [1.165, 1.54) is 13.0 Å². The molecule has 0 fully saturated rings. The van der Waals surface area contributed by atoms with Crippen LogP contribution in [-0.2, 0) is 11.3 Å². The lowest BCUT2D eigenvalue weighted by molar-refractivity contribution is -0.127. The Kier molecular flexibility index (Phi) is 4.50. The van der Waals surface area contributed by atoms with Crippen LogP contribution in [0.4, 0.5) is 8.78 Å². The maximum absolute atomic E-state index is 13.1. The normalized spacial score (nSPS) is 13.5. The zero-order valence-corrected chi connectivity index (χ0v) is 12.8. The number of hydrogen-bond acceptors (Lipinski definition) is 4. The van der Waals surface area contributed by atoms with Crippen LogP contribution in [0.2, 0.25) is 0 Å². The summed E-state index contributed by atoms with van der Waals surface area (Å²) in [5.74, 6) is -0.993. The first-order chi connectivity index (χ1) is 11.5. The lowest BCUT2D eigenvalue weighted by atomic mass is 10.2. The molecule has 0 radical (unpaired) electrons. The highest BCUT2D eigenvalue weighted by Gasteiger charge is 2.17. The summed E-state index contributed by atoms with van der Waals surface area (Å²) in [4.78, 5) is 12.0. The molecule has 126 valence electrons. The smallest absolute Gasteiger partial charge is 0.261 e. The molecular weight excluding hydrogens is 320 g/mol. The van der Waals surface area contributed by atoms with Crippen molar-refractivity contribution in [3.05, 3.63) is 53.6 Å². The van der Waals surface area contributed by atoms with Crippen molar-refractivity contribution in [1.29, 1.82) is 0 Å². The van der Waals surface area contributed by atoms with Crippen LogP contribution in [0.1, 0.15) is 12.5 Å². The van der Waals surface area contributed by atoms with Gasteiger partial charge in [-0.2, -0.15) is 0 Å². The second kappa shape index (κ2) is 6.74. The summed E-state index contributed by atoms with van der Waals surface area (Å²) in [5, 5.41) is 2.71. The Labute approximate surface area is 137 Å². The quantitative estimate of drug-likeness (QED) is 0.913. The molecule has 2 aromatic carbocycles. The molecule has 24 heavy (non-hydrogen) atoms. The summed E-state index contributed by atoms with van der Waals surface area (Å²) >= 11 is 0. The molecule has 1 aliphatic rings. The summed E-state index contributed by atoms with van der Waals surface area (Å²) in [6.07, 6.45) is -0.858. The number of carbonyl (C=O) groups is 1. The van der Waals surface area contributed by atoms with Crippen molar-refractivity contribution < 1.29 is 27.8 Å². The van der Waals surface area contributed by atoms with Gasteiger partial charge in [0, 0.05) is 12.6 Å². The second-order valence-corrected chi connectivity index (χ2v) is 5.24. The van der Waals surface area contributed by atoms with Crippen molar-refractivity contribution >= 4 is 5.91 Å². The van der Waals surface area contributed by atoms with Crippen LogP contribution in [0.3, 0.4) is 0 Å². The van der Waals surface area contributed by atoms with Gasteiger partial charge in [-0.25, -0.2) is 8.78 Å². The minimum Gasteiger partial charge on any atom is -0.481 e. The monoisotopic (exact) mass is 335 g/mol. The predicted molar refractivity (Wildman–Crippen MR) is 80.9 cm³/mol. The van der Waals surface area contributed by atoms with Crippen LogP contribution < -0.4 is 19.5 Å². The van der Waals surface area contributed by atoms with Crippen molar-refractivity contribution in [3.8, 4) is 17.2 Å². The number of nitrogens with one attached hydrogen (secondary N) is 1. The third-order valence-electron chi connectivity index (χ3n) is 3.48. The Hall–Kier alpha value is -2.83. The minimum atomic E-state index is -1.03. The average Bonchev–Trinajstić information content (AvgIpc) is 3.03. The van der Waals surface area contributed by atoms with E-state index < -0.39 is 17.7 Å². The van der Waals surface area contributed by atoms with Crippen LogP contribution in [0.5, 0.6) is 17.2 Å². The van der Waals surface area contributed by atoms with Gasteiger partial charge in [0.25, 0.3) is 5.91 Å². The Morgan fingerprint density at radius 1 is 1.17 bits per heavy atom. The van der Waals surface area contributed by atoms with Gasteiger partial charge in [-0.3, -0.25) is 4.79 Å². The fourth-order valence-corrected chi connectivity index (χ4v) is 2.19. The van der Waals surface area contributed by atoms with E-state index in [9.17, 15) is 13.6 Å². The number of fused-ring (bicyclic) bond motifs is 1. The Morgan fingerprint density at radius 3 is 2.75 bits per heavy atom. The van der Waals surface area contributed by atoms with Crippen LogP contribution in [0.15, 0.2) is 36.4 Å². The predicted octanol–water partition coefficient (Wildman–Crippen LogP) is 2.78. The summed E-state index contributed by atoms with van der Waals surface area (Å²) in [6, 6.07) is 8.47. The van der Waals surface area contributed by atoms with E-state index >= 15 is 0 Å². The summed E-state index contributed by atoms with van der Waals surface area (Å²) in [6.45, 7) is 1.99. The molecule has 0 aliphatic carbocycles. The van der Waals surface area contributed by atoms with Gasteiger partial charge in [-0.15, -0.1) is 0 Å². The highest BCUT2D eigenvalue weighted by atomic mass is 19.2. The van der Waals surface area contributed by atoms with E-state index in [2.05, 4.69) is 5.32 Å². The third kappa shape index (κ3) is 3.56. The Morgan fingerprint density at radius 2 is 1.96 bits per heavy atom. The first-order valence-electron chi connectivity index (χ1n) is 7.31. The van der Waals surface area contributed by atoms with E-state index in [1.807, 2.05) is 6.07 Å². The van der Waals surface area contributed by atoms with Gasteiger partial charge in [0.15, 0.2) is 29.2 Å². The number of hydrogen-bond donors (Lipinski definition) is 1. The van der Waals surface area contributed by atoms with Crippen LogP contribution >= 0.6 is 0 Å². The van der Waals surface area contributed by atoms with Gasteiger partial charge >= 0.3 is 0 Å². The van der Waals surface area contributed by atoms with Crippen molar-refractivity contribution in [1.82, 2.24) is 5.32 Å². The topological polar surface area (TPSA) is 56.8 Å². The molecule has 0 spiro atoms. The van der Waals surface area contributed by atoms with Gasteiger partial charge in [0.2, 0.25) is 6.79 Å². The molecule has 2 aromatic rings. The SMILES string of the molecule is C[C@H](Oc1ccc(F)c(F)c1)C(=O)NCc1ccc2c(c1)OCO2. The minimum absolute atomic E-state index is 0.0830. The van der Waals surface area contributed by atoms with Crippen LogP contribution in [0, 0.1) is 11.6 Å². The molecule has 0 unspecified atom stereocenters. The second-order valence-electron chi connectivity index (χ2n) is 5.24. The van der Waals surface area contributed by atoms with Crippen molar-refractivity contribution in [2.75, 3.05) is 6.79 Å². The van der Waals surface area contributed by atoms with E-state index in [4.69, 9.17) is 14.2 Å². The lowest BCUT2D eigenvalue weighted by Crippen LogP contribution is -2.35. The summed E-state index contributed by atoms with van der Waals surface area (Å²) in [5.41, 5.74) is 0.840. The van der Waals surface area contributed by atoms with Gasteiger partial charge in [0.05, 0.1) is 0 Å². The zero-order chi connectivity index (χ0) is 17.1. The molecule has 0 saturated carbocycles. The zero-order valence-electron chi connectivity index (χ0n) is 12.8. The Bertz CT molecular complexity index is 766.